The van der Waals surface area contributed by atoms with Crippen LogP contribution in [0.2, 0.25) is 0 Å². The second kappa shape index (κ2) is 11.3. The predicted octanol–water partition coefficient (Wildman–Crippen LogP) is 5.96. The van der Waals surface area contributed by atoms with Crippen molar-refractivity contribution in [2.24, 2.45) is 46.3 Å². The number of aromatic nitrogens is 2. The minimum Gasteiger partial charge on any atom is -0.491 e. The van der Waals surface area contributed by atoms with Crippen LogP contribution in [0.1, 0.15) is 98.3 Å². The molecule has 7 nitrogen and oxygen atoms in total. The van der Waals surface area contributed by atoms with Crippen LogP contribution in [0.3, 0.4) is 0 Å². The van der Waals surface area contributed by atoms with Crippen LogP contribution in [0.15, 0.2) is 12.5 Å². The molecule has 1 aromatic heterocycles. The van der Waals surface area contributed by atoms with Crippen LogP contribution in [-0.2, 0) is 4.79 Å². The van der Waals surface area contributed by atoms with Crippen molar-refractivity contribution in [2.45, 2.75) is 110 Å². The van der Waals surface area contributed by atoms with Gasteiger partial charge in [-0.1, -0.05) is 20.8 Å². The van der Waals surface area contributed by atoms with Gasteiger partial charge in [-0.05, 0) is 117 Å². The number of fused-ring (bicyclic) bond motifs is 5. The minimum absolute atomic E-state index is 0.0632. The smallest absolute Gasteiger partial charge is 0.222 e. The Morgan fingerprint density at radius 1 is 1.10 bits per heavy atom. The molecule has 6 rings (SSSR count). The van der Waals surface area contributed by atoms with Gasteiger partial charge in [0.25, 0.3) is 0 Å². The molecule has 5 aliphatic rings. The molecule has 2 heterocycles. The first-order chi connectivity index (χ1) is 19.7. The van der Waals surface area contributed by atoms with Gasteiger partial charge in [-0.2, -0.15) is 0 Å². The monoisotopic (exact) mass is 566 g/mol. The number of amides is 1. The van der Waals surface area contributed by atoms with Crippen molar-refractivity contribution in [3.8, 4) is 5.75 Å². The Bertz CT molecular complexity index is 1100. The summed E-state index contributed by atoms with van der Waals surface area (Å²) < 4.78 is 5.47. The van der Waals surface area contributed by atoms with E-state index in [-0.39, 0.29) is 12.1 Å². The lowest BCUT2D eigenvalue weighted by Gasteiger charge is -2.61. The highest BCUT2D eigenvalue weighted by molar-refractivity contribution is 5.77. The van der Waals surface area contributed by atoms with E-state index < -0.39 is 0 Å². The van der Waals surface area contributed by atoms with E-state index in [1.54, 1.807) is 19.6 Å². The molecule has 0 radical (unpaired) electrons. The maximum Gasteiger partial charge on any atom is 0.222 e. The number of anilines is 1. The first-order valence-corrected chi connectivity index (χ1v) is 16.7. The van der Waals surface area contributed by atoms with Crippen molar-refractivity contribution in [1.82, 2.24) is 14.9 Å². The van der Waals surface area contributed by atoms with Gasteiger partial charge in [0.05, 0.1) is 19.4 Å². The fraction of sp³-hybridized carbons (Fsp3) is 0.853. The van der Waals surface area contributed by atoms with Gasteiger partial charge < -0.3 is 19.6 Å². The van der Waals surface area contributed by atoms with Crippen LogP contribution < -0.4 is 9.64 Å². The van der Waals surface area contributed by atoms with Crippen molar-refractivity contribution >= 4 is 11.7 Å². The summed E-state index contributed by atoms with van der Waals surface area (Å²) in [6.45, 7) is 12.1. The van der Waals surface area contributed by atoms with Crippen molar-refractivity contribution in [2.75, 3.05) is 31.6 Å². The zero-order valence-electron chi connectivity index (χ0n) is 26.2. The van der Waals surface area contributed by atoms with Crippen LogP contribution in [0.4, 0.5) is 5.82 Å². The summed E-state index contributed by atoms with van der Waals surface area (Å²) >= 11 is 0. The van der Waals surface area contributed by atoms with Gasteiger partial charge in [0, 0.05) is 32.1 Å². The average molecular weight is 567 g/mol. The van der Waals surface area contributed by atoms with Crippen LogP contribution in [-0.4, -0.2) is 64.8 Å². The van der Waals surface area contributed by atoms with Gasteiger partial charge >= 0.3 is 0 Å². The van der Waals surface area contributed by atoms with Crippen LogP contribution in [0.25, 0.3) is 0 Å². The topological polar surface area (TPSA) is 78.8 Å². The van der Waals surface area contributed by atoms with Crippen molar-refractivity contribution in [1.29, 1.82) is 0 Å². The van der Waals surface area contributed by atoms with E-state index in [0.29, 0.717) is 34.8 Å². The maximum absolute atomic E-state index is 13.5. The molecule has 2 unspecified atom stereocenters. The largest absolute Gasteiger partial charge is 0.491 e. The van der Waals surface area contributed by atoms with Crippen molar-refractivity contribution in [3.05, 3.63) is 12.5 Å². The molecule has 1 aromatic rings. The number of methoxy groups -OCH3 is 1. The molecule has 1 N–H and O–H groups in total. The normalized spacial score (nSPS) is 41.3. The van der Waals surface area contributed by atoms with Gasteiger partial charge in [0.2, 0.25) is 5.91 Å². The third-order valence-electron chi connectivity index (χ3n) is 13.3. The lowest BCUT2D eigenvalue weighted by molar-refractivity contribution is -0.135. The number of ether oxygens (including phenoxy) is 1. The molecular formula is C34H54N4O3. The van der Waals surface area contributed by atoms with Gasteiger partial charge in [0.15, 0.2) is 11.6 Å². The highest BCUT2D eigenvalue weighted by Gasteiger charge is 2.60. The van der Waals surface area contributed by atoms with Crippen LogP contribution in [0.5, 0.6) is 5.75 Å². The lowest BCUT2D eigenvalue weighted by Crippen LogP contribution is -2.54. The number of aliphatic hydroxyl groups is 1. The Balaban J connectivity index is 1.04. The zero-order chi connectivity index (χ0) is 28.9. The number of nitrogens with zero attached hydrogens (tertiary/aromatic N) is 4. The SMILES string of the molecule is COc1cncnc1N1CCN(C(=O)CCC(C)[C@H]2CC[C@H]3[C@@H]4CC[C@H]5C[C@@H](O)CC[C@]5(C)[C@H]4CC[C@]23C)C(C)C1. The predicted molar refractivity (Wildman–Crippen MR) is 162 cm³/mol. The number of hydrogen-bond acceptors (Lipinski definition) is 6. The van der Waals surface area contributed by atoms with Crippen molar-refractivity contribution < 1.29 is 14.6 Å². The number of aliphatic hydroxyl groups excluding tert-OH is 1. The van der Waals surface area contributed by atoms with E-state index in [1.165, 1.54) is 44.9 Å². The number of hydrogen-bond donors (Lipinski definition) is 1. The number of piperazine rings is 1. The summed E-state index contributed by atoms with van der Waals surface area (Å²) in [6, 6.07) is 0.146. The second-order valence-electron chi connectivity index (χ2n) is 15.1. The average Bonchev–Trinajstić information content (AvgIpc) is 3.33. The lowest BCUT2D eigenvalue weighted by atomic mass is 9.44. The highest BCUT2D eigenvalue weighted by Crippen LogP contribution is 2.68. The van der Waals surface area contributed by atoms with E-state index in [2.05, 4.69) is 47.5 Å². The van der Waals surface area contributed by atoms with Gasteiger partial charge in [-0.25, -0.2) is 9.97 Å². The van der Waals surface area contributed by atoms with Gasteiger partial charge in [-0.3, -0.25) is 4.79 Å². The summed E-state index contributed by atoms with van der Waals surface area (Å²) in [4.78, 5) is 26.3. The molecule has 0 spiro atoms. The fourth-order valence-electron chi connectivity index (χ4n) is 11.1. The first kappa shape index (κ1) is 29.2. The van der Waals surface area contributed by atoms with E-state index in [9.17, 15) is 9.90 Å². The molecule has 5 fully saturated rings. The molecular weight excluding hydrogens is 512 g/mol. The van der Waals surface area contributed by atoms with Crippen LogP contribution in [0, 0.1) is 46.3 Å². The van der Waals surface area contributed by atoms with E-state index in [0.717, 1.165) is 74.3 Å². The summed E-state index contributed by atoms with van der Waals surface area (Å²) in [7, 11) is 1.65. The van der Waals surface area contributed by atoms with E-state index in [1.807, 2.05) is 0 Å². The highest BCUT2D eigenvalue weighted by atomic mass is 16.5. The first-order valence-electron chi connectivity index (χ1n) is 16.7. The minimum atomic E-state index is -0.0632. The summed E-state index contributed by atoms with van der Waals surface area (Å²) in [6.07, 6.45) is 16.3. The third-order valence-corrected chi connectivity index (χ3v) is 13.3. The molecule has 4 saturated carbocycles. The van der Waals surface area contributed by atoms with E-state index >= 15 is 0 Å². The Morgan fingerprint density at radius 3 is 2.66 bits per heavy atom. The maximum atomic E-state index is 13.5. The molecule has 10 atom stereocenters. The summed E-state index contributed by atoms with van der Waals surface area (Å²) in [5.41, 5.74) is 0.870. The van der Waals surface area contributed by atoms with Crippen molar-refractivity contribution in [3.63, 3.8) is 0 Å². The second-order valence-corrected chi connectivity index (χ2v) is 15.1. The Kier molecular flexibility index (Phi) is 8.06. The Hall–Kier alpha value is -1.89. The standard InChI is InChI=1S/C34H54N4O3/c1-22(6-11-31(40)38-17-16-37(20-23(38)2)32-30(41-5)19-35-21-36-32)27-9-10-28-26-8-7-24-18-25(39)12-14-33(24,3)29(26)13-15-34(27,28)4/h19,21-29,39H,6-18,20H2,1-5H3/t22?,23?,24-,25-,26-,27+,28-,29-,33-,34+/m0/s1. The molecule has 7 heteroatoms. The molecule has 0 aromatic carbocycles. The number of rotatable bonds is 6. The molecule has 4 aliphatic carbocycles. The molecule has 1 saturated heterocycles. The summed E-state index contributed by atoms with van der Waals surface area (Å²) in [5.74, 6) is 6.44. The third kappa shape index (κ3) is 5.06. The van der Waals surface area contributed by atoms with Crippen LogP contribution >= 0.6 is 0 Å². The van der Waals surface area contributed by atoms with Gasteiger partial charge in [0.1, 0.15) is 6.33 Å². The molecule has 1 aliphatic heterocycles. The number of carbonyl (C=O) groups excluding carboxylic acids is 1. The Labute approximate surface area is 247 Å². The zero-order valence-corrected chi connectivity index (χ0v) is 26.2. The fourth-order valence-corrected chi connectivity index (χ4v) is 11.1. The number of carbonyl (C=O) groups is 1. The van der Waals surface area contributed by atoms with Gasteiger partial charge in [-0.15, -0.1) is 0 Å². The molecule has 1 amide bonds. The molecule has 228 valence electrons. The molecule has 0 bridgehead atoms. The molecule has 41 heavy (non-hydrogen) atoms. The Morgan fingerprint density at radius 2 is 1.88 bits per heavy atom. The van der Waals surface area contributed by atoms with E-state index in [4.69, 9.17) is 4.74 Å². The quantitative estimate of drug-likeness (QED) is 0.458. The summed E-state index contributed by atoms with van der Waals surface area (Å²) in [5, 5.41) is 10.4.